The Hall–Kier alpha value is -0.910. The average Bonchev–Trinajstić information content (AvgIpc) is 1.90. The van der Waals surface area contributed by atoms with Crippen molar-refractivity contribution in [1.29, 1.82) is 0 Å². The molecule has 1 aromatic rings. The molecule has 4 nitrogen and oxygen atoms in total. The van der Waals surface area contributed by atoms with Crippen molar-refractivity contribution in [3.05, 3.63) is 36.4 Å². The van der Waals surface area contributed by atoms with Crippen molar-refractivity contribution in [3.63, 3.8) is 0 Å². The molecule has 0 spiro atoms. The number of thiol groups is 1. The van der Waals surface area contributed by atoms with Crippen LogP contribution in [0.25, 0.3) is 0 Å². The molecule has 64 valence electrons. The van der Waals surface area contributed by atoms with Gasteiger partial charge in [0.25, 0.3) is 11.0 Å². The molecule has 0 atom stereocenters. The summed E-state index contributed by atoms with van der Waals surface area (Å²) >= 11 is 0. The highest BCUT2D eigenvalue weighted by molar-refractivity contribution is 7.66. The van der Waals surface area contributed by atoms with Gasteiger partial charge in [-0.15, -0.1) is 0 Å². The molecule has 0 amide bonds. The lowest BCUT2D eigenvalue weighted by Crippen LogP contribution is -1.58. The summed E-state index contributed by atoms with van der Waals surface area (Å²) in [4.78, 5) is 0. The number of hydrogen-bond acceptors (Lipinski definition) is 3. The van der Waals surface area contributed by atoms with E-state index in [0.717, 1.165) is 0 Å². The van der Waals surface area contributed by atoms with E-state index in [9.17, 15) is 0 Å². The lowest BCUT2D eigenvalue weighted by molar-refractivity contribution is 0.509. The van der Waals surface area contributed by atoms with Crippen molar-refractivity contribution in [1.82, 2.24) is 6.15 Å². The molecule has 4 N–H and O–H groups in total. The third-order valence-electron chi connectivity index (χ3n) is 0.667. The molecule has 0 saturated carbocycles. The summed E-state index contributed by atoms with van der Waals surface area (Å²) in [7, 11) is -3.12. The van der Waals surface area contributed by atoms with E-state index in [1.54, 1.807) is 0 Å². The fourth-order valence-electron chi connectivity index (χ4n) is 0.385. The molecule has 0 aliphatic carbocycles. The van der Waals surface area contributed by atoms with Crippen LogP contribution in [0.1, 0.15) is 0 Å². The zero-order valence-electron chi connectivity index (χ0n) is 5.88. The first-order valence-corrected chi connectivity index (χ1v) is 3.70. The zero-order valence-corrected chi connectivity index (χ0v) is 6.78. The van der Waals surface area contributed by atoms with Gasteiger partial charge in [-0.25, -0.2) is 8.42 Å². The van der Waals surface area contributed by atoms with Crippen molar-refractivity contribution in [2.45, 2.75) is 0 Å². The predicted molar refractivity (Wildman–Crippen MR) is 44.4 cm³/mol. The molecule has 0 unspecified atom stereocenters. The number of rotatable bonds is 0. The lowest BCUT2D eigenvalue weighted by Gasteiger charge is -1.69. The van der Waals surface area contributed by atoms with Crippen molar-refractivity contribution < 1.29 is 13.0 Å². The molecule has 0 radical (unpaired) electrons. The van der Waals surface area contributed by atoms with Gasteiger partial charge < -0.3 is 6.15 Å². The highest BCUT2D eigenvalue weighted by Gasteiger charge is 1.57. The monoisotopic (exact) mass is 177 g/mol. The van der Waals surface area contributed by atoms with Gasteiger partial charge in [0.2, 0.25) is 0 Å². The molecular formula is C6H11NO3S. The maximum absolute atomic E-state index is 8.59. The highest BCUT2D eigenvalue weighted by Crippen LogP contribution is 1.79. The highest BCUT2D eigenvalue weighted by atomic mass is 32.2. The topological polar surface area (TPSA) is 89.4 Å². The van der Waals surface area contributed by atoms with E-state index in [1.165, 1.54) is 0 Å². The molecule has 0 fully saturated rings. The molecule has 0 aliphatic heterocycles. The summed E-state index contributed by atoms with van der Waals surface area (Å²) in [5, 5.41) is 0. The summed E-state index contributed by atoms with van der Waals surface area (Å²) in [6.07, 6.45) is 0. The fraction of sp³-hybridized carbons (Fsp3) is 0. The third-order valence-corrected chi connectivity index (χ3v) is 0.667. The van der Waals surface area contributed by atoms with Gasteiger partial charge in [-0.1, -0.05) is 36.4 Å². The van der Waals surface area contributed by atoms with Crippen LogP contribution in [0.3, 0.4) is 0 Å². The van der Waals surface area contributed by atoms with Crippen LogP contribution >= 0.6 is 0 Å². The van der Waals surface area contributed by atoms with Crippen LogP contribution in [-0.4, -0.2) is 13.0 Å². The SMILES string of the molecule is N.O=[SH](=O)O.c1ccccc1. The summed E-state index contributed by atoms with van der Waals surface area (Å²) in [5.41, 5.74) is 0. The maximum Gasteiger partial charge on any atom is 0.254 e. The summed E-state index contributed by atoms with van der Waals surface area (Å²) in [5.74, 6) is 0. The Balaban J connectivity index is 0. The van der Waals surface area contributed by atoms with Crippen LogP contribution in [0.2, 0.25) is 0 Å². The molecule has 0 aliphatic rings. The Labute approximate surface area is 67.2 Å². The van der Waals surface area contributed by atoms with Crippen LogP contribution in [0.5, 0.6) is 0 Å². The van der Waals surface area contributed by atoms with E-state index in [0.29, 0.717) is 0 Å². The van der Waals surface area contributed by atoms with Gasteiger partial charge in [0.1, 0.15) is 0 Å². The minimum Gasteiger partial charge on any atom is -0.344 e. The van der Waals surface area contributed by atoms with Gasteiger partial charge in [0.05, 0.1) is 0 Å². The summed E-state index contributed by atoms with van der Waals surface area (Å²) in [6.45, 7) is 0. The fourth-order valence-corrected chi connectivity index (χ4v) is 0.385. The van der Waals surface area contributed by atoms with E-state index in [1.807, 2.05) is 36.4 Å². The Morgan fingerprint density at radius 2 is 0.909 bits per heavy atom. The predicted octanol–water partition coefficient (Wildman–Crippen LogP) is 0.919. The Kier molecular flexibility index (Phi) is 10.5. The van der Waals surface area contributed by atoms with Crippen LogP contribution < -0.4 is 6.15 Å². The molecule has 0 aromatic heterocycles. The van der Waals surface area contributed by atoms with Crippen LogP contribution in [0.15, 0.2) is 36.4 Å². The molecule has 5 heteroatoms. The van der Waals surface area contributed by atoms with Gasteiger partial charge in [-0.2, -0.15) is 0 Å². The van der Waals surface area contributed by atoms with Crippen LogP contribution in [0.4, 0.5) is 0 Å². The third kappa shape index (κ3) is 17.6. The standard InChI is InChI=1S/C6H6.H3N.H2O3S/c1-2-4-6-5-3-1;;1-4(2)3/h1-6H;1H3;4H,(H,1,2,3). The normalized spacial score (nSPS) is 7.45. The summed E-state index contributed by atoms with van der Waals surface area (Å²) in [6, 6.07) is 12.0. The first-order chi connectivity index (χ1) is 4.73. The Morgan fingerprint density at radius 1 is 0.818 bits per heavy atom. The minimum atomic E-state index is -3.12. The molecule has 1 rings (SSSR count). The smallest absolute Gasteiger partial charge is 0.254 e. The zero-order chi connectivity index (χ0) is 7.82. The maximum atomic E-state index is 8.59. The van der Waals surface area contributed by atoms with Crippen molar-refractivity contribution in [2.24, 2.45) is 0 Å². The molecule has 0 heterocycles. The van der Waals surface area contributed by atoms with Gasteiger partial charge in [0, 0.05) is 0 Å². The Bertz CT molecular complexity index is 188. The first-order valence-electron chi connectivity index (χ1n) is 2.57. The molecule has 11 heavy (non-hydrogen) atoms. The van der Waals surface area contributed by atoms with E-state index < -0.39 is 11.0 Å². The van der Waals surface area contributed by atoms with Crippen LogP contribution in [0, 0.1) is 0 Å². The second-order valence-corrected chi connectivity index (χ2v) is 1.87. The van der Waals surface area contributed by atoms with Crippen molar-refractivity contribution in [2.75, 3.05) is 0 Å². The van der Waals surface area contributed by atoms with Crippen molar-refractivity contribution >= 4 is 11.0 Å². The van der Waals surface area contributed by atoms with Gasteiger partial charge in [0.15, 0.2) is 0 Å². The second kappa shape index (κ2) is 9.09. The minimum absolute atomic E-state index is 0. The largest absolute Gasteiger partial charge is 0.344 e. The average molecular weight is 177 g/mol. The molecule has 1 aromatic carbocycles. The van der Waals surface area contributed by atoms with Gasteiger partial charge >= 0.3 is 0 Å². The molecule has 0 saturated heterocycles. The van der Waals surface area contributed by atoms with Crippen LogP contribution in [-0.2, 0) is 11.0 Å². The van der Waals surface area contributed by atoms with E-state index in [-0.39, 0.29) is 6.15 Å². The molecule has 0 bridgehead atoms. The molecular weight excluding hydrogens is 166 g/mol. The number of benzene rings is 1. The Morgan fingerprint density at radius 3 is 1.00 bits per heavy atom. The van der Waals surface area contributed by atoms with Crippen molar-refractivity contribution in [3.8, 4) is 0 Å². The van der Waals surface area contributed by atoms with E-state index in [2.05, 4.69) is 0 Å². The van der Waals surface area contributed by atoms with E-state index >= 15 is 0 Å². The number of hydrogen-bond donors (Lipinski definition) is 3. The lowest BCUT2D eigenvalue weighted by atomic mass is 10.4. The first kappa shape index (κ1) is 12.7. The summed E-state index contributed by atoms with van der Waals surface area (Å²) < 4.78 is 24.2. The van der Waals surface area contributed by atoms with E-state index in [4.69, 9.17) is 13.0 Å². The second-order valence-electron chi connectivity index (χ2n) is 1.39. The van der Waals surface area contributed by atoms with Gasteiger partial charge in [-0.05, 0) is 0 Å². The quantitative estimate of drug-likeness (QED) is 0.406. The van der Waals surface area contributed by atoms with Gasteiger partial charge in [-0.3, -0.25) is 4.55 Å².